The highest BCUT2D eigenvalue weighted by Gasteiger charge is 2.28. The molecule has 0 aromatic heterocycles. The first-order chi connectivity index (χ1) is 15.2. The lowest BCUT2D eigenvalue weighted by atomic mass is 10.1. The SMILES string of the molecule is CCc1ccccc1N(CCC(=O)N(CC)CC)C(=O)c1ccc([N+](=O)[O-])c([N+](=O)[O-])c1. The summed E-state index contributed by atoms with van der Waals surface area (Å²) in [7, 11) is 0. The van der Waals surface area contributed by atoms with E-state index in [1.54, 1.807) is 17.0 Å². The summed E-state index contributed by atoms with van der Waals surface area (Å²) in [6.07, 6.45) is 0.699. The van der Waals surface area contributed by atoms with Gasteiger partial charge in [-0.3, -0.25) is 29.8 Å². The van der Waals surface area contributed by atoms with Crippen LogP contribution in [0.3, 0.4) is 0 Å². The molecule has 0 bridgehead atoms. The molecule has 2 aromatic carbocycles. The first kappa shape index (κ1) is 24.4. The number of para-hydroxylation sites is 1. The number of nitro groups is 2. The van der Waals surface area contributed by atoms with Gasteiger partial charge < -0.3 is 9.80 Å². The Bertz CT molecular complexity index is 1020. The van der Waals surface area contributed by atoms with Gasteiger partial charge in [0.15, 0.2) is 0 Å². The maximum Gasteiger partial charge on any atom is 0.346 e. The van der Waals surface area contributed by atoms with Gasteiger partial charge in [0.05, 0.1) is 9.85 Å². The Morgan fingerprint density at radius 3 is 2.09 bits per heavy atom. The lowest BCUT2D eigenvalue weighted by Gasteiger charge is -2.26. The second kappa shape index (κ2) is 11.0. The smallest absolute Gasteiger partial charge is 0.343 e. The number of amides is 2. The van der Waals surface area contributed by atoms with E-state index in [1.165, 1.54) is 11.0 Å². The van der Waals surface area contributed by atoms with Crippen molar-refractivity contribution in [1.82, 2.24) is 4.90 Å². The molecular weight excluding hydrogens is 416 g/mol. The van der Waals surface area contributed by atoms with Crippen molar-refractivity contribution in [3.63, 3.8) is 0 Å². The first-order valence-corrected chi connectivity index (χ1v) is 10.3. The Balaban J connectivity index is 2.48. The number of rotatable bonds is 10. The number of carbonyl (C=O) groups is 2. The van der Waals surface area contributed by atoms with Gasteiger partial charge in [0.2, 0.25) is 5.91 Å². The van der Waals surface area contributed by atoms with Crippen LogP contribution in [0.5, 0.6) is 0 Å². The second-order valence-corrected chi connectivity index (χ2v) is 6.97. The summed E-state index contributed by atoms with van der Waals surface area (Å²) in [6.45, 7) is 6.82. The average Bonchev–Trinajstić information content (AvgIpc) is 2.79. The predicted molar refractivity (Wildman–Crippen MR) is 120 cm³/mol. The van der Waals surface area contributed by atoms with Crippen molar-refractivity contribution in [3.05, 3.63) is 73.8 Å². The molecule has 0 unspecified atom stereocenters. The van der Waals surface area contributed by atoms with Crippen LogP contribution in [0, 0.1) is 20.2 Å². The van der Waals surface area contributed by atoms with E-state index in [-0.39, 0.29) is 24.4 Å². The minimum absolute atomic E-state index is 0.0654. The number of benzene rings is 2. The predicted octanol–water partition coefficient (Wildman–Crippen LogP) is 3.97. The minimum Gasteiger partial charge on any atom is -0.343 e. The zero-order valence-corrected chi connectivity index (χ0v) is 18.3. The third-order valence-electron chi connectivity index (χ3n) is 5.19. The highest BCUT2D eigenvalue weighted by atomic mass is 16.6. The third kappa shape index (κ3) is 5.45. The summed E-state index contributed by atoms with van der Waals surface area (Å²) in [5.41, 5.74) is -0.0584. The van der Waals surface area contributed by atoms with E-state index in [4.69, 9.17) is 0 Å². The number of hydrogen-bond acceptors (Lipinski definition) is 6. The van der Waals surface area contributed by atoms with Crippen molar-refractivity contribution in [1.29, 1.82) is 0 Å². The maximum absolute atomic E-state index is 13.4. The summed E-state index contributed by atoms with van der Waals surface area (Å²) in [6, 6.07) is 10.3. The standard InChI is InChI=1S/C22H26N4O6/c1-4-16-9-7-8-10-18(16)24(14-13-21(27)23(5-2)6-3)22(28)17-11-12-19(25(29)30)20(15-17)26(31)32/h7-12,15H,4-6,13-14H2,1-3H3. The van der Waals surface area contributed by atoms with Gasteiger partial charge in [0.1, 0.15) is 0 Å². The number of hydrogen-bond donors (Lipinski definition) is 0. The molecule has 170 valence electrons. The lowest BCUT2D eigenvalue weighted by Crippen LogP contribution is -2.37. The van der Waals surface area contributed by atoms with E-state index < -0.39 is 27.1 Å². The number of nitro benzene ring substituents is 2. The Hall–Kier alpha value is -3.82. The van der Waals surface area contributed by atoms with Gasteiger partial charge in [-0.15, -0.1) is 0 Å². The van der Waals surface area contributed by atoms with Gasteiger partial charge in [-0.05, 0) is 38.0 Å². The van der Waals surface area contributed by atoms with E-state index >= 15 is 0 Å². The summed E-state index contributed by atoms with van der Waals surface area (Å²) >= 11 is 0. The Morgan fingerprint density at radius 1 is 0.906 bits per heavy atom. The van der Waals surface area contributed by atoms with Crippen LogP contribution in [0.2, 0.25) is 0 Å². The largest absolute Gasteiger partial charge is 0.346 e. The molecule has 2 rings (SSSR count). The first-order valence-electron chi connectivity index (χ1n) is 10.3. The topological polar surface area (TPSA) is 127 Å². The van der Waals surface area contributed by atoms with Crippen molar-refractivity contribution < 1.29 is 19.4 Å². The van der Waals surface area contributed by atoms with Gasteiger partial charge in [0.25, 0.3) is 5.91 Å². The molecule has 32 heavy (non-hydrogen) atoms. The molecule has 2 amide bonds. The molecule has 0 N–H and O–H groups in total. The molecular formula is C22H26N4O6. The summed E-state index contributed by atoms with van der Waals surface area (Å²) < 4.78 is 0. The van der Waals surface area contributed by atoms with Crippen LogP contribution in [0.15, 0.2) is 42.5 Å². The molecule has 0 heterocycles. The molecule has 10 nitrogen and oxygen atoms in total. The third-order valence-corrected chi connectivity index (χ3v) is 5.19. The molecule has 0 aliphatic rings. The Labute approximate surface area is 185 Å². The van der Waals surface area contributed by atoms with E-state index in [9.17, 15) is 29.8 Å². The normalized spacial score (nSPS) is 10.5. The molecule has 0 saturated heterocycles. The fraction of sp³-hybridized carbons (Fsp3) is 0.364. The number of anilines is 1. The minimum atomic E-state index is -0.886. The second-order valence-electron chi connectivity index (χ2n) is 6.97. The fourth-order valence-corrected chi connectivity index (χ4v) is 3.46. The van der Waals surface area contributed by atoms with E-state index in [0.717, 1.165) is 17.7 Å². The molecule has 10 heteroatoms. The molecule has 0 aliphatic carbocycles. The van der Waals surface area contributed by atoms with Gasteiger partial charge in [-0.1, -0.05) is 25.1 Å². The summed E-state index contributed by atoms with van der Waals surface area (Å²) in [5, 5.41) is 22.4. The average molecular weight is 442 g/mol. The van der Waals surface area contributed by atoms with Crippen LogP contribution >= 0.6 is 0 Å². The zero-order chi connectivity index (χ0) is 23.8. The highest BCUT2D eigenvalue weighted by molar-refractivity contribution is 6.07. The summed E-state index contributed by atoms with van der Waals surface area (Å²) in [5.74, 6) is -0.687. The van der Waals surface area contributed by atoms with Crippen LogP contribution < -0.4 is 4.90 Å². The van der Waals surface area contributed by atoms with Crippen LogP contribution in [-0.2, 0) is 11.2 Å². The van der Waals surface area contributed by atoms with E-state index in [2.05, 4.69) is 0 Å². The van der Waals surface area contributed by atoms with Crippen molar-refractivity contribution in [3.8, 4) is 0 Å². The monoisotopic (exact) mass is 442 g/mol. The van der Waals surface area contributed by atoms with E-state index in [1.807, 2.05) is 32.9 Å². The van der Waals surface area contributed by atoms with Crippen molar-refractivity contribution in [2.45, 2.75) is 33.6 Å². The van der Waals surface area contributed by atoms with Gasteiger partial charge >= 0.3 is 11.4 Å². The molecule has 0 spiro atoms. The molecule has 0 atom stereocenters. The van der Waals surface area contributed by atoms with Gasteiger partial charge in [-0.25, -0.2) is 0 Å². The molecule has 0 saturated carbocycles. The fourth-order valence-electron chi connectivity index (χ4n) is 3.46. The maximum atomic E-state index is 13.4. The van der Waals surface area contributed by atoms with Crippen molar-refractivity contribution >= 4 is 28.9 Å². The Morgan fingerprint density at radius 2 is 1.53 bits per heavy atom. The van der Waals surface area contributed by atoms with Crippen LogP contribution in [0.25, 0.3) is 0 Å². The highest BCUT2D eigenvalue weighted by Crippen LogP contribution is 2.30. The number of aryl methyl sites for hydroxylation is 1. The molecule has 0 fully saturated rings. The zero-order valence-electron chi connectivity index (χ0n) is 18.3. The van der Waals surface area contributed by atoms with Crippen LogP contribution in [0.4, 0.5) is 17.1 Å². The van der Waals surface area contributed by atoms with Crippen LogP contribution in [-0.4, -0.2) is 46.2 Å². The number of carbonyl (C=O) groups excluding carboxylic acids is 2. The molecule has 0 radical (unpaired) electrons. The van der Waals surface area contributed by atoms with Crippen LogP contribution in [0.1, 0.15) is 43.1 Å². The lowest BCUT2D eigenvalue weighted by molar-refractivity contribution is -0.422. The quantitative estimate of drug-likeness (QED) is 0.405. The van der Waals surface area contributed by atoms with Crippen molar-refractivity contribution in [2.24, 2.45) is 0 Å². The summed E-state index contributed by atoms with van der Waals surface area (Å²) in [4.78, 5) is 49.7. The molecule has 0 aliphatic heterocycles. The Kier molecular flexibility index (Phi) is 8.39. The van der Waals surface area contributed by atoms with Crippen molar-refractivity contribution in [2.75, 3.05) is 24.5 Å². The number of nitrogens with zero attached hydrogens (tertiary/aromatic N) is 4. The molecule has 2 aromatic rings. The van der Waals surface area contributed by atoms with Gasteiger partial charge in [-0.2, -0.15) is 0 Å². The van der Waals surface area contributed by atoms with E-state index in [0.29, 0.717) is 25.2 Å². The van der Waals surface area contributed by atoms with Gasteiger partial charge in [0, 0.05) is 49.4 Å².